The van der Waals surface area contributed by atoms with Crippen LogP contribution in [0.25, 0.3) is 0 Å². The summed E-state index contributed by atoms with van der Waals surface area (Å²) in [6.45, 7) is 2.06. The molecular weight excluding hydrogens is 334 g/mol. The van der Waals surface area contributed by atoms with Gasteiger partial charge in [-0.05, 0) is 43.4 Å². The maximum absolute atomic E-state index is 12.4. The number of nitrogens with one attached hydrogen (secondary N) is 1. The van der Waals surface area contributed by atoms with Gasteiger partial charge in [0.1, 0.15) is 0 Å². The molecule has 0 amide bonds. The van der Waals surface area contributed by atoms with Gasteiger partial charge in [-0.3, -0.25) is 0 Å². The Kier molecular flexibility index (Phi) is 5.86. The van der Waals surface area contributed by atoms with Crippen LogP contribution in [0.2, 0.25) is 0 Å². The highest BCUT2D eigenvalue weighted by Gasteiger charge is 2.20. The minimum absolute atomic E-state index is 0.0226. The van der Waals surface area contributed by atoms with E-state index < -0.39 is 19.9 Å². The van der Waals surface area contributed by atoms with Gasteiger partial charge in [-0.2, -0.15) is 0 Å². The Balaban J connectivity index is 2.03. The molecule has 1 aromatic rings. The van der Waals surface area contributed by atoms with Gasteiger partial charge in [0, 0.05) is 12.8 Å². The Hall–Kier alpha value is -0.920. The highest BCUT2D eigenvalue weighted by molar-refractivity contribution is 7.91. The Labute approximate surface area is 139 Å². The second-order valence-corrected chi connectivity index (χ2v) is 10.1. The normalized spacial score (nSPS) is 16.8. The van der Waals surface area contributed by atoms with Crippen molar-refractivity contribution in [2.24, 2.45) is 5.92 Å². The lowest BCUT2D eigenvalue weighted by atomic mass is 10.0. The van der Waals surface area contributed by atoms with E-state index in [1.54, 1.807) is 6.92 Å². The van der Waals surface area contributed by atoms with Gasteiger partial charge in [-0.25, -0.2) is 21.6 Å². The Morgan fingerprint density at radius 2 is 1.78 bits per heavy atom. The smallest absolute Gasteiger partial charge is 0.224 e. The summed E-state index contributed by atoms with van der Waals surface area (Å²) in [5.74, 6) is 0.731. The second kappa shape index (κ2) is 7.32. The van der Waals surface area contributed by atoms with Crippen LogP contribution in [-0.4, -0.2) is 29.6 Å². The fourth-order valence-electron chi connectivity index (χ4n) is 3.07. The van der Waals surface area contributed by atoms with Crippen molar-refractivity contribution >= 4 is 19.9 Å². The van der Waals surface area contributed by atoms with Gasteiger partial charge in [-0.15, -0.1) is 0 Å². The summed E-state index contributed by atoms with van der Waals surface area (Å²) in [4.78, 5) is 0.0655. The molecule has 1 aliphatic carbocycles. The molecular formula is C16H25NO4S2. The van der Waals surface area contributed by atoms with E-state index in [0.29, 0.717) is 12.1 Å². The van der Waals surface area contributed by atoms with Gasteiger partial charge < -0.3 is 0 Å². The van der Waals surface area contributed by atoms with Crippen molar-refractivity contribution in [3.63, 3.8) is 0 Å². The van der Waals surface area contributed by atoms with E-state index in [1.807, 2.05) is 0 Å². The van der Waals surface area contributed by atoms with Crippen LogP contribution in [0.15, 0.2) is 28.0 Å². The standard InChI is InChI=1S/C16H25NO4S2/c1-13-9-10-15(22(2,18)19)12-16(13)23(20,21)17-11-5-8-14-6-3-4-7-14/h9-10,12,14,17H,3-8,11H2,1-2H3. The van der Waals surface area contributed by atoms with Crippen LogP contribution >= 0.6 is 0 Å². The molecule has 23 heavy (non-hydrogen) atoms. The molecule has 0 heterocycles. The van der Waals surface area contributed by atoms with Gasteiger partial charge in [0.05, 0.1) is 9.79 Å². The molecule has 1 saturated carbocycles. The zero-order chi connectivity index (χ0) is 17.1. The number of rotatable bonds is 7. The molecule has 0 unspecified atom stereocenters. The van der Waals surface area contributed by atoms with Gasteiger partial charge >= 0.3 is 0 Å². The number of hydrogen-bond donors (Lipinski definition) is 1. The van der Waals surface area contributed by atoms with E-state index in [2.05, 4.69) is 4.72 Å². The van der Waals surface area contributed by atoms with Crippen LogP contribution in [-0.2, 0) is 19.9 Å². The number of sulfonamides is 1. The predicted molar refractivity (Wildman–Crippen MR) is 90.7 cm³/mol. The van der Waals surface area contributed by atoms with Crippen LogP contribution in [0.3, 0.4) is 0 Å². The third kappa shape index (κ3) is 5.02. The van der Waals surface area contributed by atoms with Gasteiger partial charge in [-0.1, -0.05) is 31.7 Å². The third-order valence-corrected chi connectivity index (χ3v) is 7.15. The molecule has 0 atom stereocenters. The Bertz CT molecular complexity index is 748. The molecule has 1 aliphatic rings. The van der Waals surface area contributed by atoms with Crippen molar-refractivity contribution < 1.29 is 16.8 Å². The molecule has 0 radical (unpaired) electrons. The van der Waals surface area contributed by atoms with Crippen molar-refractivity contribution in [2.75, 3.05) is 12.8 Å². The van der Waals surface area contributed by atoms with Crippen LogP contribution in [0.5, 0.6) is 0 Å². The molecule has 0 spiro atoms. The first-order valence-electron chi connectivity index (χ1n) is 8.00. The fourth-order valence-corrected chi connectivity index (χ4v) is 5.14. The van der Waals surface area contributed by atoms with E-state index in [4.69, 9.17) is 0 Å². The van der Waals surface area contributed by atoms with Crippen molar-refractivity contribution in [1.82, 2.24) is 4.72 Å². The highest BCUT2D eigenvalue weighted by atomic mass is 32.2. The topological polar surface area (TPSA) is 80.3 Å². The molecule has 5 nitrogen and oxygen atoms in total. The zero-order valence-electron chi connectivity index (χ0n) is 13.7. The largest absolute Gasteiger partial charge is 0.240 e. The van der Waals surface area contributed by atoms with E-state index >= 15 is 0 Å². The van der Waals surface area contributed by atoms with Crippen molar-refractivity contribution in [3.05, 3.63) is 23.8 Å². The maximum Gasteiger partial charge on any atom is 0.240 e. The molecule has 0 aromatic heterocycles. The summed E-state index contributed by atoms with van der Waals surface area (Å²) in [5.41, 5.74) is 0.542. The molecule has 7 heteroatoms. The highest BCUT2D eigenvalue weighted by Crippen LogP contribution is 2.28. The molecule has 0 aliphatic heterocycles. The summed E-state index contributed by atoms with van der Waals surface area (Å²) < 4.78 is 50.7. The van der Waals surface area contributed by atoms with Crippen molar-refractivity contribution in [1.29, 1.82) is 0 Å². The first-order valence-corrected chi connectivity index (χ1v) is 11.4. The minimum atomic E-state index is -3.68. The number of aryl methyl sites for hydroxylation is 1. The number of hydrogen-bond acceptors (Lipinski definition) is 4. The average molecular weight is 360 g/mol. The molecule has 130 valence electrons. The van der Waals surface area contributed by atoms with E-state index in [0.717, 1.165) is 25.0 Å². The number of benzene rings is 1. The van der Waals surface area contributed by atoms with Crippen LogP contribution in [0.1, 0.15) is 44.1 Å². The summed E-state index contributed by atoms with van der Waals surface area (Å²) in [6.07, 6.45) is 8.01. The monoisotopic (exact) mass is 359 g/mol. The van der Waals surface area contributed by atoms with Crippen LogP contribution in [0.4, 0.5) is 0 Å². The lowest BCUT2D eigenvalue weighted by Gasteiger charge is -2.12. The third-order valence-electron chi connectivity index (χ3n) is 4.43. The van der Waals surface area contributed by atoms with Gasteiger partial charge in [0.2, 0.25) is 10.0 Å². The first kappa shape index (κ1) is 18.4. The fraction of sp³-hybridized carbons (Fsp3) is 0.625. The van der Waals surface area contributed by atoms with E-state index in [1.165, 1.54) is 43.9 Å². The molecule has 0 bridgehead atoms. The SMILES string of the molecule is Cc1ccc(S(C)(=O)=O)cc1S(=O)(=O)NCCCC1CCCC1. The molecule has 1 fully saturated rings. The average Bonchev–Trinajstić information content (AvgIpc) is 2.96. The number of sulfone groups is 1. The lowest BCUT2D eigenvalue weighted by molar-refractivity contribution is 0.480. The maximum atomic E-state index is 12.4. The quantitative estimate of drug-likeness (QED) is 0.759. The predicted octanol–water partition coefficient (Wildman–Crippen LogP) is 2.65. The summed E-state index contributed by atoms with van der Waals surface area (Å²) in [6, 6.07) is 4.21. The van der Waals surface area contributed by atoms with E-state index in [9.17, 15) is 16.8 Å². The van der Waals surface area contributed by atoms with Crippen molar-refractivity contribution in [2.45, 2.75) is 55.2 Å². The lowest BCUT2D eigenvalue weighted by Crippen LogP contribution is -2.26. The minimum Gasteiger partial charge on any atom is -0.224 e. The molecule has 2 rings (SSSR count). The molecule has 1 N–H and O–H groups in total. The molecule has 1 aromatic carbocycles. The van der Waals surface area contributed by atoms with Crippen LogP contribution < -0.4 is 4.72 Å². The van der Waals surface area contributed by atoms with Gasteiger partial charge in [0.15, 0.2) is 9.84 Å². The Morgan fingerprint density at radius 3 is 2.39 bits per heavy atom. The van der Waals surface area contributed by atoms with E-state index in [-0.39, 0.29) is 9.79 Å². The zero-order valence-corrected chi connectivity index (χ0v) is 15.3. The summed E-state index contributed by atoms with van der Waals surface area (Å²) >= 11 is 0. The van der Waals surface area contributed by atoms with Crippen molar-refractivity contribution in [3.8, 4) is 0 Å². The second-order valence-electron chi connectivity index (χ2n) is 6.39. The summed E-state index contributed by atoms with van der Waals surface area (Å²) in [7, 11) is -7.11. The summed E-state index contributed by atoms with van der Waals surface area (Å²) in [5, 5.41) is 0. The van der Waals surface area contributed by atoms with Crippen LogP contribution in [0, 0.1) is 12.8 Å². The first-order chi connectivity index (χ1) is 10.7. The van der Waals surface area contributed by atoms with Gasteiger partial charge in [0.25, 0.3) is 0 Å². The Morgan fingerprint density at radius 1 is 1.13 bits per heavy atom. The molecule has 0 saturated heterocycles.